The molecule has 0 radical (unpaired) electrons. The van der Waals surface area contributed by atoms with Gasteiger partial charge in [-0.15, -0.1) is 11.3 Å². The summed E-state index contributed by atoms with van der Waals surface area (Å²) >= 11 is 1.71. The van der Waals surface area contributed by atoms with Crippen LogP contribution in [0.1, 0.15) is 33.0 Å². The smallest absolute Gasteiger partial charge is 0.253 e. The first-order valence-electron chi connectivity index (χ1n) is 6.97. The number of amides is 1. The third-order valence-corrected chi connectivity index (χ3v) is 4.36. The molecule has 21 heavy (non-hydrogen) atoms. The fourth-order valence-corrected chi connectivity index (χ4v) is 2.77. The predicted molar refractivity (Wildman–Crippen MR) is 85.9 cm³/mol. The molecule has 0 aromatic carbocycles. The van der Waals surface area contributed by atoms with Crippen molar-refractivity contribution in [3.05, 3.63) is 51.9 Å². The van der Waals surface area contributed by atoms with Gasteiger partial charge in [-0.1, -0.05) is 6.08 Å². The summed E-state index contributed by atoms with van der Waals surface area (Å²) in [5.74, 6) is 1.07. The van der Waals surface area contributed by atoms with Gasteiger partial charge in [0.15, 0.2) is 0 Å². The van der Waals surface area contributed by atoms with Crippen LogP contribution in [-0.4, -0.2) is 10.9 Å². The molecule has 2 aromatic heterocycles. The Kier molecular flexibility index (Phi) is 4.01. The van der Waals surface area contributed by atoms with Crippen molar-refractivity contribution in [2.24, 2.45) is 5.92 Å². The minimum Gasteiger partial charge on any atom is -0.384 e. The second-order valence-electron chi connectivity index (χ2n) is 5.16. The second kappa shape index (κ2) is 6.10. The number of carbonyl (C=O) groups excluding carboxylic acids is 1. The maximum absolute atomic E-state index is 12.0. The molecule has 0 bridgehead atoms. The number of nitrogens with zero attached hydrogens (tertiary/aromatic N) is 1. The van der Waals surface area contributed by atoms with E-state index in [1.807, 2.05) is 0 Å². The van der Waals surface area contributed by atoms with Crippen LogP contribution in [0.3, 0.4) is 0 Å². The Morgan fingerprint density at radius 1 is 1.38 bits per heavy atom. The molecule has 1 saturated carbocycles. The van der Waals surface area contributed by atoms with Gasteiger partial charge in [-0.05, 0) is 49.1 Å². The largest absolute Gasteiger partial charge is 0.384 e. The lowest BCUT2D eigenvalue weighted by Crippen LogP contribution is -2.22. The molecule has 108 valence electrons. The van der Waals surface area contributed by atoms with E-state index in [4.69, 9.17) is 5.73 Å². The van der Waals surface area contributed by atoms with Gasteiger partial charge < -0.3 is 11.1 Å². The summed E-state index contributed by atoms with van der Waals surface area (Å²) in [4.78, 5) is 18.3. The number of allylic oxidation sites excluding steroid dienone is 1. The summed E-state index contributed by atoms with van der Waals surface area (Å²) in [5.41, 5.74) is 6.02. The number of nitrogens with one attached hydrogen (secondary N) is 1. The van der Waals surface area contributed by atoms with E-state index >= 15 is 0 Å². The number of hydrogen-bond donors (Lipinski definition) is 2. The van der Waals surface area contributed by atoms with Crippen molar-refractivity contribution in [3.8, 4) is 0 Å². The van der Waals surface area contributed by atoms with Crippen LogP contribution in [0.4, 0.5) is 5.82 Å². The van der Waals surface area contributed by atoms with Gasteiger partial charge in [-0.3, -0.25) is 4.79 Å². The van der Waals surface area contributed by atoms with Crippen LogP contribution in [0.15, 0.2) is 36.5 Å². The number of hydrogen-bond acceptors (Lipinski definition) is 4. The molecule has 0 spiro atoms. The number of carbonyl (C=O) groups is 1. The Morgan fingerprint density at radius 3 is 2.95 bits per heavy atom. The van der Waals surface area contributed by atoms with Crippen molar-refractivity contribution < 1.29 is 4.79 Å². The van der Waals surface area contributed by atoms with Crippen LogP contribution >= 0.6 is 11.3 Å². The van der Waals surface area contributed by atoms with Gasteiger partial charge in [0.2, 0.25) is 0 Å². The maximum Gasteiger partial charge on any atom is 0.253 e. The summed E-state index contributed by atoms with van der Waals surface area (Å²) < 4.78 is 0. The van der Waals surface area contributed by atoms with Crippen LogP contribution in [0, 0.1) is 5.92 Å². The van der Waals surface area contributed by atoms with Crippen molar-refractivity contribution in [2.75, 3.05) is 5.73 Å². The molecule has 2 aromatic rings. The molecule has 1 fully saturated rings. The fourth-order valence-electron chi connectivity index (χ4n) is 1.91. The van der Waals surface area contributed by atoms with E-state index < -0.39 is 0 Å². The number of anilines is 1. The third kappa shape index (κ3) is 3.92. The van der Waals surface area contributed by atoms with Crippen molar-refractivity contribution in [3.63, 3.8) is 0 Å². The molecule has 1 aliphatic carbocycles. The molecule has 0 aliphatic heterocycles. The number of aromatic nitrogens is 1. The lowest BCUT2D eigenvalue weighted by atomic mass is 10.2. The highest BCUT2D eigenvalue weighted by atomic mass is 32.1. The van der Waals surface area contributed by atoms with Crippen LogP contribution < -0.4 is 11.1 Å². The summed E-state index contributed by atoms with van der Waals surface area (Å²) in [7, 11) is 0. The summed E-state index contributed by atoms with van der Waals surface area (Å²) in [6.45, 7) is 0.533. The third-order valence-electron chi connectivity index (χ3n) is 3.31. The Bertz CT molecular complexity index is 656. The van der Waals surface area contributed by atoms with Crippen LogP contribution in [0.5, 0.6) is 0 Å². The molecule has 0 saturated heterocycles. The summed E-state index contributed by atoms with van der Waals surface area (Å²) in [6, 6.07) is 7.45. The zero-order valence-electron chi connectivity index (χ0n) is 11.6. The highest BCUT2D eigenvalue weighted by molar-refractivity contribution is 7.12. The first-order chi connectivity index (χ1) is 10.2. The number of rotatable bonds is 5. The number of nitrogens with two attached hydrogens (primary N) is 1. The highest BCUT2D eigenvalue weighted by Crippen LogP contribution is 2.31. The van der Waals surface area contributed by atoms with Gasteiger partial charge in [-0.2, -0.15) is 0 Å². The molecule has 3 N–H and O–H groups in total. The van der Waals surface area contributed by atoms with Gasteiger partial charge in [-0.25, -0.2) is 4.98 Å². The molecule has 1 aliphatic rings. The lowest BCUT2D eigenvalue weighted by Gasteiger charge is -2.03. The normalized spacial score (nSPS) is 14.5. The number of nitrogen functional groups attached to an aromatic ring is 1. The topological polar surface area (TPSA) is 68.0 Å². The van der Waals surface area contributed by atoms with Crippen molar-refractivity contribution in [2.45, 2.75) is 19.4 Å². The number of pyridine rings is 1. The van der Waals surface area contributed by atoms with Crippen LogP contribution in [0.2, 0.25) is 0 Å². The number of thiophene rings is 1. The monoisotopic (exact) mass is 299 g/mol. The van der Waals surface area contributed by atoms with E-state index in [0.29, 0.717) is 17.9 Å². The minimum absolute atomic E-state index is 0.133. The van der Waals surface area contributed by atoms with Crippen molar-refractivity contribution in [1.29, 1.82) is 0 Å². The minimum atomic E-state index is -0.133. The van der Waals surface area contributed by atoms with Gasteiger partial charge in [0.25, 0.3) is 5.91 Å². The van der Waals surface area contributed by atoms with E-state index in [-0.39, 0.29) is 5.91 Å². The first kappa shape index (κ1) is 13.8. The van der Waals surface area contributed by atoms with Crippen molar-refractivity contribution in [1.82, 2.24) is 10.3 Å². The molecule has 1 amide bonds. The van der Waals surface area contributed by atoms with E-state index in [2.05, 4.69) is 34.6 Å². The highest BCUT2D eigenvalue weighted by Gasteiger charge is 2.17. The average Bonchev–Trinajstić information content (AvgIpc) is 3.21. The SMILES string of the molecule is Nc1ccc(C(=O)NCc2ccc(C=CC3CC3)s2)cn1. The maximum atomic E-state index is 12.0. The molecular formula is C16H17N3OS. The molecule has 3 rings (SSSR count). The Balaban J connectivity index is 1.54. The van der Waals surface area contributed by atoms with Crippen LogP contribution in [0.25, 0.3) is 6.08 Å². The van der Waals surface area contributed by atoms with E-state index in [1.54, 1.807) is 23.5 Å². The summed E-state index contributed by atoms with van der Waals surface area (Å²) in [6.07, 6.45) is 8.58. The molecule has 0 atom stereocenters. The lowest BCUT2D eigenvalue weighted by molar-refractivity contribution is 0.0951. The quantitative estimate of drug-likeness (QED) is 0.891. The van der Waals surface area contributed by atoms with Gasteiger partial charge in [0.1, 0.15) is 5.82 Å². The molecule has 4 nitrogen and oxygen atoms in total. The first-order valence-corrected chi connectivity index (χ1v) is 7.79. The molecule has 5 heteroatoms. The van der Waals surface area contributed by atoms with Crippen LogP contribution in [-0.2, 0) is 6.54 Å². The Hall–Kier alpha value is -2.14. The molecular weight excluding hydrogens is 282 g/mol. The molecule has 2 heterocycles. The Labute approximate surface area is 127 Å². The zero-order chi connectivity index (χ0) is 14.7. The standard InChI is InChI=1S/C16H17N3OS/c17-15-8-4-12(9-18-15)16(20)19-10-14-7-6-13(21-14)5-3-11-1-2-11/h3-9,11H,1-2,10H2,(H2,17,18)(H,19,20). The van der Waals surface area contributed by atoms with Gasteiger partial charge in [0, 0.05) is 16.0 Å². The molecule has 0 unspecified atom stereocenters. The Morgan fingerprint density at radius 2 is 2.24 bits per heavy atom. The van der Waals surface area contributed by atoms with Gasteiger partial charge >= 0.3 is 0 Å². The van der Waals surface area contributed by atoms with E-state index in [9.17, 15) is 4.79 Å². The van der Waals surface area contributed by atoms with Crippen molar-refractivity contribution >= 4 is 29.1 Å². The fraction of sp³-hybridized carbons (Fsp3) is 0.250. The zero-order valence-corrected chi connectivity index (χ0v) is 12.4. The second-order valence-corrected chi connectivity index (χ2v) is 6.35. The average molecular weight is 299 g/mol. The predicted octanol–water partition coefficient (Wildman–Crippen LogP) is 3.08. The van der Waals surface area contributed by atoms with Gasteiger partial charge in [0.05, 0.1) is 12.1 Å². The van der Waals surface area contributed by atoms with E-state index in [1.165, 1.54) is 23.9 Å². The summed E-state index contributed by atoms with van der Waals surface area (Å²) in [5, 5.41) is 2.89. The van der Waals surface area contributed by atoms with E-state index in [0.717, 1.165) is 10.8 Å².